The van der Waals surface area contributed by atoms with Crippen molar-refractivity contribution in [2.24, 2.45) is 0 Å². The van der Waals surface area contributed by atoms with E-state index in [1.54, 1.807) is 25.1 Å². The van der Waals surface area contributed by atoms with Crippen LogP contribution in [0.15, 0.2) is 18.2 Å². The van der Waals surface area contributed by atoms with Crippen molar-refractivity contribution >= 4 is 22.6 Å². The highest BCUT2D eigenvalue weighted by molar-refractivity contribution is 7.09. The summed E-state index contributed by atoms with van der Waals surface area (Å²) in [5.41, 5.74) is 0.334. The Morgan fingerprint density at radius 1 is 1.26 bits per heavy atom. The Kier molecular flexibility index (Phi) is 3.96. The topological polar surface area (TPSA) is 73.3 Å². The van der Waals surface area contributed by atoms with E-state index >= 15 is 0 Å². The van der Waals surface area contributed by atoms with Crippen molar-refractivity contribution in [2.45, 2.75) is 6.92 Å². The van der Waals surface area contributed by atoms with Crippen LogP contribution in [-0.2, 0) is 0 Å². The maximum Gasteiger partial charge on any atom is 0.265 e. The van der Waals surface area contributed by atoms with Gasteiger partial charge in [-0.05, 0) is 19.1 Å². The van der Waals surface area contributed by atoms with Crippen LogP contribution in [0.2, 0.25) is 0 Å². The Bertz CT molecular complexity index is 575. The van der Waals surface area contributed by atoms with Gasteiger partial charge in [-0.3, -0.25) is 10.1 Å². The van der Waals surface area contributed by atoms with Crippen LogP contribution in [0.3, 0.4) is 0 Å². The predicted molar refractivity (Wildman–Crippen MR) is 72.1 cm³/mol. The normalized spacial score (nSPS) is 10.1. The van der Waals surface area contributed by atoms with Crippen LogP contribution in [0.1, 0.15) is 16.2 Å². The SMILES string of the molecule is COc1cccc(OC)c1C(=O)Nc1nc(C)ns1. The molecule has 0 aliphatic rings. The number of amides is 1. The minimum Gasteiger partial charge on any atom is -0.496 e. The molecule has 0 aliphatic carbocycles. The van der Waals surface area contributed by atoms with Crippen LogP contribution in [0.25, 0.3) is 0 Å². The van der Waals surface area contributed by atoms with Gasteiger partial charge in [0.05, 0.1) is 14.2 Å². The summed E-state index contributed by atoms with van der Waals surface area (Å²) in [6.45, 7) is 1.76. The molecule has 2 aromatic rings. The van der Waals surface area contributed by atoms with Gasteiger partial charge in [0.1, 0.15) is 22.9 Å². The van der Waals surface area contributed by atoms with Crippen molar-refractivity contribution in [3.05, 3.63) is 29.6 Å². The average Bonchev–Trinajstić information content (AvgIpc) is 2.82. The fourth-order valence-electron chi connectivity index (χ4n) is 1.58. The van der Waals surface area contributed by atoms with Gasteiger partial charge in [-0.15, -0.1) is 0 Å². The minimum atomic E-state index is -0.342. The number of nitrogens with zero attached hydrogens (tertiary/aromatic N) is 2. The second-order valence-electron chi connectivity index (χ2n) is 3.64. The Hall–Kier alpha value is -2.15. The van der Waals surface area contributed by atoms with Crippen LogP contribution < -0.4 is 14.8 Å². The molecule has 0 spiro atoms. The molecule has 1 amide bonds. The maximum atomic E-state index is 12.3. The van der Waals surface area contributed by atoms with Crippen molar-refractivity contribution in [3.63, 3.8) is 0 Å². The van der Waals surface area contributed by atoms with E-state index in [4.69, 9.17) is 9.47 Å². The quantitative estimate of drug-likeness (QED) is 0.928. The molecule has 0 unspecified atom stereocenters. The number of anilines is 1. The molecule has 2 rings (SSSR count). The highest BCUT2D eigenvalue weighted by Crippen LogP contribution is 2.29. The van der Waals surface area contributed by atoms with Gasteiger partial charge in [-0.25, -0.2) is 4.98 Å². The van der Waals surface area contributed by atoms with Crippen LogP contribution in [-0.4, -0.2) is 29.5 Å². The van der Waals surface area contributed by atoms with E-state index in [2.05, 4.69) is 14.7 Å². The molecular formula is C12H13N3O3S. The standard InChI is InChI=1S/C12H13N3O3S/c1-7-13-12(19-15-7)14-11(16)10-8(17-2)5-4-6-9(10)18-3/h4-6H,1-3H3,(H,13,14,15,16). The Morgan fingerprint density at radius 3 is 2.37 bits per heavy atom. The van der Waals surface area contributed by atoms with E-state index in [1.807, 2.05) is 0 Å². The first-order valence-corrected chi connectivity index (χ1v) is 6.25. The molecule has 0 atom stereocenters. The number of benzene rings is 1. The third-order valence-corrected chi connectivity index (χ3v) is 3.12. The molecule has 1 heterocycles. The van der Waals surface area contributed by atoms with Crippen LogP contribution in [0, 0.1) is 6.92 Å². The van der Waals surface area contributed by atoms with Crippen molar-refractivity contribution in [1.82, 2.24) is 9.36 Å². The lowest BCUT2D eigenvalue weighted by Crippen LogP contribution is -2.14. The fourth-order valence-corrected chi connectivity index (χ4v) is 2.15. The van der Waals surface area contributed by atoms with Gasteiger partial charge in [0.15, 0.2) is 0 Å². The summed E-state index contributed by atoms with van der Waals surface area (Å²) in [7, 11) is 3.00. The lowest BCUT2D eigenvalue weighted by atomic mass is 10.1. The van der Waals surface area contributed by atoms with Crippen molar-refractivity contribution in [3.8, 4) is 11.5 Å². The van der Waals surface area contributed by atoms with Gasteiger partial charge in [0.25, 0.3) is 5.91 Å². The Labute approximate surface area is 114 Å². The van der Waals surface area contributed by atoms with E-state index in [0.717, 1.165) is 11.5 Å². The van der Waals surface area contributed by atoms with Gasteiger partial charge >= 0.3 is 0 Å². The molecule has 1 N–H and O–H groups in total. The van der Waals surface area contributed by atoms with E-state index < -0.39 is 0 Å². The molecule has 0 saturated carbocycles. The fraction of sp³-hybridized carbons (Fsp3) is 0.250. The first kappa shape index (κ1) is 13.3. The van der Waals surface area contributed by atoms with E-state index in [0.29, 0.717) is 28.0 Å². The molecule has 6 nitrogen and oxygen atoms in total. The van der Waals surface area contributed by atoms with E-state index in [9.17, 15) is 4.79 Å². The molecule has 1 aromatic heterocycles. The minimum absolute atomic E-state index is 0.334. The maximum absolute atomic E-state index is 12.3. The summed E-state index contributed by atoms with van der Waals surface area (Å²) in [5.74, 6) is 1.16. The summed E-state index contributed by atoms with van der Waals surface area (Å²) < 4.78 is 14.4. The number of nitrogens with one attached hydrogen (secondary N) is 1. The summed E-state index contributed by atoms with van der Waals surface area (Å²) in [6.07, 6.45) is 0. The molecule has 0 fully saturated rings. The summed E-state index contributed by atoms with van der Waals surface area (Å²) in [4.78, 5) is 16.3. The first-order chi connectivity index (χ1) is 9.15. The summed E-state index contributed by atoms with van der Waals surface area (Å²) in [6, 6.07) is 5.15. The number of ether oxygens (including phenoxy) is 2. The van der Waals surface area contributed by atoms with Crippen LogP contribution >= 0.6 is 11.5 Å². The van der Waals surface area contributed by atoms with Crippen molar-refractivity contribution in [2.75, 3.05) is 19.5 Å². The smallest absolute Gasteiger partial charge is 0.265 e. The first-order valence-electron chi connectivity index (χ1n) is 5.48. The number of rotatable bonds is 4. The zero-order valence-electron chi connectivity index (χ0n) is 10.8. The number of hydrogen-bond acceptors (Lipinski definition) is 6. The van der Waals surface area contributed by atoms with Gasteiger partial charge in [0.2, 0.25) is 5.13 Å². The molecule has 0 radical (unpaired) electrons. The highest BCUT2D eigenvalue weighted by atomic mass is 32.1. The van der Waals surface area contributed by atoms with E-state index in [-0.39, 0.29) is 5.91 Å². The molecule has 19 heavy (non-hydrogen) atoms. The largest absolute Gasteiger partial charge is 0.496 e. The number of carbonyl (C=O) groups excluding carboxylic acids is 1. The molecule has 0 bridgehead atoms. The molecule has 0 saturated heterocycles. The number of hydrogen-bond donors (Lipinski definition) is 1. The monoisotopic (exact) mass is 279 g/mol. The highest BCUT2D eigenvalue weighted by Gasteiger charge is 2.19. The third kappa shape index (κ3) is 2.82. The van der Waals surface area contributed by atoms with E-state index in [1.165, 1.54) is 14.2 Å². The Balaban J connectivity index is 2.32. The summed E-state index contributed by atoms with van der Waals surface area (Å²) >= 11 is 1.12. The van der Waals surface area contributed by atoms with Gasteiger partial charge < -0.3 is 9.47 Å². The second kappa shape index (κ2) is 5.66. The third-order valence-electron chi connectivity index (χ3n) is 2.40. The lowest BCUT2D eigenvalue weighted by Gasteiger charge is -2.11. The molecule has 0 aliphatic heterocycles. The van der Waals surface area contributed by atoms with Gasteiger partial charge in [-0.1, -0.05) is 6.07 Å². The van der Waals surface area contributed by atoms with Gasteiger partial charge in [0, 0.05) is 11.5 Å². The molecular weight excluding hydrogens is 266 g/mol. The summed E-state index contributed by atoms with van der Waals surface area (Å²) in [5, 5.41) is 3.11. The predicted octanol–water partition coefficient (Wildman–Crippen LogP) is 2.12. The molecule has 100 valence electrons. The van der Waals surface area contributed by atoms with Crippen molar-refractivity contribution < 1.29 is 14.3 Å². The molecule has 1 aromatic carbocycles. The lowest BCUT2D eigenvalue weighted by molar-refractivity contribution is 0.102. The number of methoxy groups -OCH3 is 2. The number of aromatic nitrogens is 2. The second-order valence-corrected chi connectivity index (χ2v) is 4.39. The van der Waals surface area contributed by atoms with Crippen molar-refractivity contribution in [1.29, 1.82) is 0 Å². The van der Waals surface area contributed by atoms with Crippen LogP contribution in [0.4, 0.5) is 5.13 Å². The number of carbonyl (C=O) groups is 1. The van der Waals surface area contributed by atoms with Crippen LogP contribution in [0.5, 0.6) is 11.5 Å². The average molecular weight is 279 g/mol. The van der Waals surface area contributed by atoms with Gasteiger partial charge in [-0.2, -0.15) is 4.37 Å². The molecule has 7 heteroatoms. The number of aryl methyl sites for hydroxylation is 1. The zero-order chi connectivity index (χ0) is 13.8. The zero-order valence-corrected chi connectivity index (χ0v) is 11.6. The Morgan fingerprint density at radius 2 is 1.89 bits per heavy atom.